The van der Waals surface area contributed by atoms with Crippen LogP contribution in [0.25, 0.3) is 0 Å². The molecule has 0 aliphatic carbocycles. The lowest BCUT2D eigenvalue weighted by Crippen LogP contribution is -2.30. The van der Waals surface area contributed by atoms with E-state index in [-0.39, 0.29) is 22.1 Å². The maximum absolute atomic E-state index is 12.6. The summed E-state index contributed by atoms with van der Waals surface area (Å²) in [6.07, 6.45) is -1.05. The van der Waals surface area contributed by atoms with E-state index in [0.29, 0.717) is 11.3 Å². The predicted molar refractivity (Wildman–Crippen MR) is 110 cm³/mol. The molecule has 1 amide bonds. The summed E-state index contributed by atoms with van der Waals surface area (Å²) in [5.74, 6) is -0.295. The number of non-ortho nitro benzene ring substituents is 1. The largest absolute Gasteiger partial charge is 0.493 e. The number of nitro benzene ring substituents is 1. The average molecular weight is 437 g/mol. The van der Waals surface area contributed by atoms with Crippen molar-refractivity contribution in [3.63, 3.8) is 0 Å². The fraction of sp³-hybridized carbons (Fsp3) is 0.316. The van der Waals surface area contributed by atoms with Crippen LogP contribution in [0, 0.1) is 17.0 Å². The average Bonchev–Trinajstić information content (AvgIpc) is 2.69. The van der Waals surface area contributed by atoms with Gasteiger partial charge in [0.15, 0.2) is 17.6 Å². The van der Waals surface area contributed by atoms with Crippen molar-refractivity contribution < 1.29 is 27.6 Å². The molecule has 0 bridgehead atoms. The van der Waals surface area contributed by atoms with Crippen LogP contribution < -0.4 is 14.8 Å². The number of nitrogens with zero attached hydrogens (tertiary/aromatic N) is 2. The number of rotatable bonds is 8. The van der Waals surface area contributed by atoms with Gasteiger partial charge in [0.25, 0.3) is 11.6 Å². The second-order valence-electron chi connectivity index (χ2n) is 6.61. The molecule has 2 aromatic rings. The van der Waals surface area contributed by atoms with Gasteiger partial charge >= 0.3 is 0 Å². The van der Waals surface area contributed by atoms with Gasteiger partial charge in [0.05, 0.1) is 23.0 Å². The number of nitrogens with one attached hydrogen (secondary N) is 1. The lowest BCUT2D eigenvalue weighted by Gasteiger charge is -2.18. The molecule has 0 saturated heterocycles. The van der Waals surface area contributed by atoms with Crippen LogP contribution in [-0.2, 0) is 14.8 Å². The number of methoxy groups -OCH3 is 1. The Kier molecular flexibility index (Phi) is 7.00. The molecule has 0 spiro atoms. The minimum absolute atomic E-state index is 0.0299. The van der Waals surface area contributed by atoms with Gasteiger partial charge in [-0.3, -0.25) is 14.9 Å². The summed E-state index contributed by atoms with van der Waals surface area (Å²) < 4.78 is 36.4. The van der Waals surface area contributed by atoms with Crippen molar-refractivity contribution in [2.45, 2.75) is 24.8 Å². The smallest absolute Gasteiger partial charge is 0.273 e. The molecule has 0 aliphatic rings. The van der Waals surface area contributed by atoms with Gasteiger partial charge in [-0.15, -0.1) is 0 Å². The van der Waals surface area contributed by atoms with E-state index in [1.165, 1.54) is 52.4 Å². The Morgan fingerprint density at radius 2 is 1.83 bits per heavy atom. The van der Waals surface area contributed by atoms with Crippen LogP contribution in [0.5, 0.6) is 11.5 Å². The number of carbonyl (C=O) groups excluding carboxylic acids is 1. The minimum Gasteiger partial charge on any atom is -0.493 e. The van der Waals surface area contributed by atoms with Crippen molar-refractivity contribution in [3.8, 4) is 11.5 Å². The molecule has 10 nitrogen and oxygen atoms in total. The molecule has 0 aromatic heterocycles. The molecule has 162 valence electrons. The molecular weight excluding hydrogens is 414 g/mol. The number of amides is 1. The third kappa shape index (κ3) is 5.05. The van der Waals surface area contributed by atoms with E-state index < -0.39 is 27.0 Å². The third-order valence-electron chi connectivity index (χ3n) is 4.28. The zero-order valence-corrected chi connectivity index (χ0v) is 18.0. The maximum Gasteiger partial charge on any atom is 0.273 e. The van der Waals surface area contributed by atoms with Crippen molar-refractivity contribution in [1.29, 1.82) is 0 Å². The maximum atomic E-state index is 12.6. The fourth-order valence-electron chi connectivity index (χ4n) is 2.46. The van der Waals surface area contributed by atoms with Gasteiger partial charge in [-0.25, -0.2) is 12.7 Å². The third-order valence-corrected chi connectivity index (χ3v) is 6.09. The second kappa shape index (κ2) is 9.09. The predicted octanol–water partition coefficient (Wildman–Crippen LogP) is 2.57. The topological polar surface area (TPSA) is 128 Å². The van der Waals surface area contributed by atoms with Gasteiger partial charge in [0, 0.05) is 25.8 Å². The Bertz CT molecular complexity index is 1070. The van der Waals surface area contributed by atoms with Gasteiger partial charge in [-0.2, -0.15) is 0 Å². The Morgan fingerprint density at radius 3 is 2.40 bits per heavy atom. The number of benzene rings is 2. The number of nitro groups is 1. The van der Waals surface area contributed by atoms with E-state index >= 15 is 0 Å². The van der Waals surface area contributed by atoms with Crippen molar-refractivity contribution in [1.82, 2.24) is 4.31 Å². The summed E-state index contributed by atoms with van der Waals surface area (Å²) in [5, 5.41) is 13.6. The highest BCUT2D eigenvalue weighted by Crippen LogP contribution is 2.32. The highest BCUT2D eigenvalue weighted by atomic mass is 32.2. The van der Waals surface area contributed by atoms with Gasteiger partial charge in [0.1, 0.15) is 0 Å². The number of aryl methyl sites for hydroxylation is 1. The first-order chi connectivity index (χ1) is 14.0. The molecular formula is C19H23N3O7S. The number of ether oxygens (including phenoxy) is 2. The molecule has 2 aromatic carbocycles. The molecule has 0 saturated carbocycles. The van der Waals surface area contributed by atoms with Crippen LogP contribution >= 0.6 is 0 Å². The molecule has 1 atom stereocenters. The fourth-order valence-corrected chi connectivity index (χ4v) is 3.38. The standard InChI is InChI=1S/C19H23N3O7S/c1-12-6-8-15(30(26,27)21(3)4)11-16(12)20-19(23)13(2)29-18-10-14(22(24)25)7-9-17(18)28-5/h6-11,13H,1-5H3,(H,20,23). The molecule has 0 fully saturated rings. The first-order valence-corrected chi connectivity index (χ1v) is 10.2. The lowest BCUT2D eigenvalue weighted by atomic mass is 10.2. The van der Waals surface area contributed by atoms with Crippen LogP contribution in [0.15, 0.2) is 41.3 Å². The van der Waals surface area contributed by atoms with Crippen LogP contribution in [0.1, 0.15) is 12.5 Å². The highest BCUT2D eigenvalue weighted by molar-refractivity contribution is 7.89. The lowest BCUT2D eigenvalue weighted by molar-refractivity contribution is -0.385. The SMILES string of the molecule is COc1ccc([N+](=O)[O-])cc1OC(C)C(=O)Nc1cc(S(=O)(=O)N(C)C)ccc1C. The number of hydrogen-bond acceptors (Lipinski definition) is 7. The van der Waals surface area contributed by atoms with E-state index in [2.05, 4.69) is 5.32 Å². The number of hydrogen-bond donors (Lipinski definition) is 1. The summed E-state index contributed by atoms with van der Waals surface area (Å²) in [7, 11) is 0.527. The van der Waals surface area contributed by atoms with Gasteiger partial charge in [-0.1, -0.05) is 6.07 Å². The van der Waals surface area contributed by atoms with Crippen LogP contribution in [0.4, 0.5) is 11.4 Å². The molecule has 0 aliphatic heterocycles. The summed E-state index contributed by atoms with van der Waals surface area (Å²) in [4.78, 5) is 23.0. The Hall–Kier alpha value is -3.18. The molecule has 30 heavy (non-hydrogen) atoms. The molecule has 1 unspecified atom stereocenters. The van der Waals surface area contributed by atoms with Crippen molar-refractivity contribution in [2.24, 2.45) is 0 Å². The first kappa shape index (κ1) is 23.1. The van der Waals surface area contributed by atoms with Crippen LogP contribution in [0.2, 0.25) is 0 Å². The quantitative estimate of drug-likeness (QED) is 0.496. The summed E-state index contributed by atoms with van der Waals surface area (Å²) in [6.45, 7) is 3.18. The van der Waals surface area contributed by atoms with Crippen LogP contribution in [-0.4, -0.2) is 50.9 Å². The zero-order chi connectivity index (χ0) is 22.6. The van der Waals surface area contributed by atoms with E-state index in [9.17, 15) is 23.3 Å². The van der Waals surface area contributed by atoms with Crippen molar-refractivity contribution in [2.75, 3.05) is 26.5 Å². The van der Waals surface area contributed by atoms with Gasteiger partial charge in [0.2, 0.25) is 10.0 Å². The monoisotopic (exact) mass is 437 g/mol. The molecule has 0 radical (unpaired) electrons. The summed E-state index contributed by atoms with van der Waals surface area (Å²) >= 11 is 0. The Labute approximate surface area is 174 Å². The highest BCUT2D eigenvalue weighted by Gasteiger charge is 2.22. The van der Waals surface area contributed by atoms with E-state index in [1.807, 2.05) is 0 Å². The summed E-state index contributed by atoms with van der Waals surface area (Å²) in [5.41, 5.74) is 0.751. The number of carbonyl (C=O) groups is 1. The summed E-state index contributed by atoms with van der Waals surface area (Å²) in [6, 6.07) is 8.20. The molecule has 0 heterocycles. The van der Waals surface area contributed by atoms with E-state index in [0.717, 1.165) is 10.4 Å². The van der Waals surface area contributed by atoms with Crippen LogP contribution in [0.3, 0.4) is 0 Å². The minimum atomic E-state index is -3.67. The van der Waals surface area contributed by atoms with Crippen molar-refractivity contribution >= 4 is 27.3 Å². The molecule has 11 heteroatoms. The first-order valence-electron chi connectivity index (χ1n) is 8.80. The Balaban J connectivity index is 2.25. The molecule has 1 N–H and O–H groups in total. The zero-order valence-electron chi connectivity index (χ0n) is 17.2. The van der Waals surface area contributed by atoms with E-state index in [1.54, 1.807) is 13.0 Å². The van der Waals surface area contributed by atoms with Gasteiger partial charge < -0.3 is 14.8 Å². The number of anilines is 1. The van der Waals surface area contributed by atoms with Gasteiger partial charge in [-0.05, 0) is 37.6 Å². The van der Waals surface area contributed by atoms with E-state index in [4.69, 9.17) is 9.47 Å². The Morgan fingerprint density at radius 1 is 1.17 bits per heavy atom. The normalized spacial score (nSPS) is 12.3. The van der Waals surface area contributed by atoms with Crippen molar-refractivity contribution in [3.05, 3.63) is 52.1 Å². The second-order valence-corrected chi connectivity index (χ2v) is 8.76. The molecule has 2 rings (SSSR count). The number of sulfonamides is 1.